The number of carbonyl (C=O) groups is 2. The van der Waals surface area contributed by atoms with Crippen molar-refractivity contribution in [3.63, 3.8) is 0 Å². The van der Waals surface area contributed by atoms with E-state index in [4.69, 9.17) is 9.47 Å². The second kappa shape index (κ2) is 8.79. The Bertz CT molecular complexity index is 1250. The Kier molecular flexibility index (Phi) is 5.76. The molecule has 0 saturated carbocycles. The number of Topliss-reactive ketones (excluding diaryl/α,β-unsaturated/α-hetero) is 1. The summed E-state index contributed by atoms with van der Waals surface area (Å²) in [4.78, 5) is 30.6. The summed E-state index contributed by atoms with van der Waals surface area (Å²) in [5.74, 6) is -0.301. The lowest BCUT2D eigenvalue weighted by Gasteiger charge is -2.15. The molecule has 0 spiro atoms. The molecule has 0 radical (unpaired) electrons. The molecule has 1 heterocycles. The monoisotopic (exact) mass is 411 g/mol. The van der Waals surface area contributed by atoms with E-state index in [0.29, 0.717) is 33.5 Å². The Balaban J connectivity index is 1.66. The molecule has 31 heavy (non-hydrogen) atoms. The van der Waals surface area contributed by atoms with E-state index < -0.39 is 12.1 Å². The fourth-order valence-corrected chi connectivity index (χ4v) is 3.39. The van der Waals surface area contributed by atoms with Crippen molar-refractivity contribution >= 4 is 22.7 Å². The number of ketones is 1. The number of benzene rings is 3. The smallest absolute Gasteiger partial charge is 0.339 e. The topological polar surface area (TPSA) is 65.5 Å². The number of fused-ring (bicyclic) bond motifs is 1. The fraction of sp³-hybridized carbons (Fsp3) is 0.115. The second-order valence-corrected chi connectivity index (χ2v) is 7.08. The van der Waals surface area contributed by atoms with E-state index in [1.807, 2.05) is 54.6 Å². The molecule has 4 rings (SSSR count). The van der Waals surface area contributed by atoms with E-state index in [2.05, 4.69) is 4.98 Å². The van der Waals surface area contributed by atoms with E-state index in [0.717, 1.165) is 5.56 Å². The number of para-hydroxylation sites is 1. The van der Waals surface area contributed by atoms with Gasteiger partial charge < -0.3 is 9.47 Å². The van der Waals surface area contributed by atoms with Gasteiger partial charge in [-0.25, -0.2) is 9.78 Å². The first kappa shape index (κ1) is 20.3. The predicted molar refractivity (Wildman–Crippen MR) is 119 cm³/mol. The average molecular weight is 411 g/mol. The number of ether oxygens (including phenoxy) is 2. The van der Waals surface area contributed by atoms with Crippen LogP contribution in [0.15, 0.2) is 84.9 Å². The minimum atomic E-state index is -0.952. The highest BCUT2D eigenvalue weighted by molar-refractivity contribution is 6.06. The first-order valence-corrected chi connectivity index (χ1v) is 9.91. The van der Waals surface area contributed by atoms with Crippen LogP contribution in [-0.4, -0.2) is 30.0 Å². The molecule has 0 N–H and O–H groups in total. The highest BCUT2D eigenvalue weighted by Crippen LogP contribution is 2.26. The Hall–Kier alpha value is -3.99. The van der Waals surface area contributed by atoms with E-state index in [9.17, 15) is 9.59 Å². The van der Waals surface area contributed by atoms with E-state index in [1.165, 1.54) is 7.11 Å². The van der Waals surface area contributed by atoms with E-state index in [1.54, 1.807) is 37.3 Å². The Morgan fingerprint density at radius 2 is 1.61 bits per heavy atom. The van der Waals surface area contributed by atoms with Crippen molar-refractivity contribution in [2.24, 2.45) is 0 Å². The summed E-state index contributed by atoms with van der Waals surface area (Å²) < 4.78 is 10.7. The number of carbonyl (C=O) groups excluding carboxylic acids is 2. The summed E-state index contributed by atoms with van der Waals surface area (Å²) in [7, 11) is 1.53. The third-order valence-electron chi connectivity index (χ3n) is 5.01. The minimum absolute atomic E-state index is 0.297. The van der Waals surface area contributed by atoms with Gasteiger partial charge in [-0.2, -0.15) is 0 Å². The van der Waals surface area contributed by atoms with Crippen molar-refractivity contribution in [3.8, 4) is 17.0 Å². The fourth-order valence-electron chi connectivity index (χ4n) is 3.39. The van der Waals surface area contributed by atoms with Gasteiger partial charge in [0, 0.05) is 16.5 Å². The molecule has 5 nitrogen and oxygen atoms in total. The summed E-state index contributed by atoms with van der Waals surface area (Å²) in [5, 5.41) is 0.674. The molecule has 1 unspecified atom stereocenters. The highest BCUT2D eigenvalue weighted by atomic mass is 16.5. The molecular formula is C26H21NO4. The molecule has 0 saturated heterocycles. The number of pyridine rings is 1. The van der Waals surface area contributed by atoms with Crippen LogP contribution in [0.25, 0.3) is 22.2 Å². The van der Waals surface area contributed by atoms with Gasteiger partial charge in [0.25, 0.3) is 0 Å². The zero-order chi connectivity index (χ0) is 21.8. The SMILES string of the molecule is COc1cccc(C(=O)C(C)OC(=O)c2cc(-c3ccccc3)nc3ccccc23)c1. The number of aromatic nitrogens is 1. The summed E-state index contributed by atoms with van der Waals surface area (Å²) in [6, 6.07) is 25.5. The van der Waals surface area contributed by atoms with E-state index >= 15 is 0 Å². The molecule has 1 atom stereocenters. The first-order valence-electron chi connectivity index (χ1n) is 9.91. The van der Waals surface area contributed by atoms with Gasteiger partial charge in [-0.3, -0.25) is 4.79 Å². The largest absolute Gasteiger partial charge is 0.497 e. The second-order valence-electron chi connectivity index (χ2n) is 7.08. The highest BCUT2D eigenvalue weighted by Gasteiger charge is 2.23. The van der Waals surface area contributed by atoms with Crippen LogP contribution in [0.5, 0.6) is 5.75 Å². The summed E-state index contributed by atoms with van der Waals surface area (Å²) in [5.41, 5.74) is 3.03. The molecule has 0 aliphatic carbocycles. The van der Waals surface area contributed by atoms with Gasteiger partial charge in [0.15, 0.2) is 6.10 Å². The minimum Gasteiger partial charge on any atom is -0.497 e. The number of hydrogen-bond donors (Lipinski definition) is 0. The standard InChI is InChI=1S/C26H21NO4/c1-17(25(28)19-11-8-12-20(15-19)30-2)31-26(29)22-16-24(18-9-4-3-5-10-18)27-23-14-7-6-13-21(22)23/h3-17H,1-2H3. The van der Waals surface area contributed by atoms with E-state index in [-0.39, 0.29) is 5.78 Å². The van der Waals surface area contributed by atoms with Crippen molar-refractivity contribution in [1.82, 2.24) is 4.98 Å². The average Bonchev–Trinajstić information content (AvgIpc) is 2.83. The van der Waals surface area contributed by atoms with Crippen molar-refractivity contribution in [2.75, 3.05) is 7.11 Å². The van der Waals surface area contributed by atoms with Crippen molar-refractivity contribution in [2.45, 2.75) is 13.0 Å². The van der Waals surface area contributed by atoms with Gasteiger partial charge in [-0.15, -0.1) is 0 Å². The van der Waals surface area contributed by atoms with Crippen LogP contribution in [0.4, 0.5) is 0 Å². The lowest BCUT2D eigenvalue weighted by atomic mass is 10.0. The van der Waals surface area contributed by atoms with Crippen LogP contribution in [0.2, 0.25) is 0 Å². The number of hydrogen-bond acceptors (Lipinski definition) is 5. The molecular weight excluding hydrogens is 390 g/mol. The molecule has 154 valence electrons. The van der Waals surface area contributed by atoms with Gasteiger partial charge in [0.05, 0.1) is 23.9 Å². The Morgan fingerprint density at radius 1 is 0.871 bits per heavy atom. The first-order chi connectivity index (χ1) is 15.1. The van der Waals surface area contributed by atoms with Gasteiger partial charge in [-0.1, -0.05) is 60.7 Å². The van der Waals surface area contributed by atoms with Crippen molar-refractivity contribution < 1.29 is 19.1 Å². The lowest BCUT2D eigenvalue weighted by Crippen LogP contribution is -2.24. The van der Waals surface area contributed by atoms with Crippen molar-refractivity contribution in [3.05, 3.63) is 96.1 Å². The summed E-state index contributed by atoms with van der Waals surface area (Å²) in [6.07, 6.45) is -0.952. The maximum Gasteiger partial charge on any atom is 0.339 e. The number of nitrogens with zero attached hydrogens (tertiary/aromatic N) is 1. The van der Waals surface area contributed by atoms with Gasteiger partial charge >= 0.3 is 5.97 Å². The molecule has 0 bridgehead atoms. The molecule has 5 heteroatoms. The molecule has 0 fully saturated rings. The summed E-state index contributed by atoms with van der Waals surface area (Å²) in [6.45, 7) is 1.57. The lowest BCUT2D eigenvalue weighted by molar-refractivity contribution is 0.0320. The molecule has 3 aromatic carbocycles. The van der Waals surface area contributed by atoms with Crippen LogP contribution in [0.1, 0.15) is 27.6 Å². The predicted octanol–water partition coefficient (Wildman–Crippen LogP) is 5.34. The number of esters is 1. The quantitative estimate of drug-likeness (QED) is 0.317. The van der Waals surface area contributed by atoms with Crippen LogP contribution in [-0.2, 0) is 4.74 Å². The zero-order valence-corrected chi connectivity index (χ0v) is 17.2. The molecule has 0 amide bonds. The van der Waals surface area contributed by atoms with Gasteiger partial charge in [-0.05, 0) is 31.2 Å². The molecule has 4 aromatic rings. The number of rotatable bonds is 6. The van der Waals surface area contributed by atoms with Crippen LogP contribution < -0.4 is 4.74 Å². The summed E-state index contributed by atoms with van der Waals surface area (Å²) >= 11 is 0. The van der Waals surface area contributed by atoms with Gasteiger partial charge in [0.2, 0.25) is 5.78 Å². The third kappa shape index (κ3) is 4.31. The van der Waals surface area contributed by atoms with Crippen LogP contribution >= 0.6 is 0 Å². The van der Waals surface area contributed by atoms with Crippen LogP contribution in [0, 0.1) is 0 Å². The maximum atomic E-state index is 13.1. The molecule has 0 aliphatic rings. The number of methoxy groups -OCH3 is 1. The van der Waals surface area contributed by atoms with Gasteiger partial charge in [0.1, 0.15) is 5.75 Å². The zero-order valence-electron chi connectivity index (χ0n) is 17.2. The Morgan fingerprint density at radius 3 is 2.39 bits per heavy atom. The Labute approximate surface area is 180 Å². The normalized spacial score (nSPS) is 11.7. The third-order valence-corrected chi connectivity index (χ3v) is 5.01. The molecule has 0 aliphatic heterocycles. The maximum absolute atomic E-state index is 13.1. The van der Waals surface area contributed by atoms with Crippen molar-refractivity contribution in [1.29, 1.82) is 0 Å². The molecule has 1 aromatic heterocycles. The van der Waals surface area contributed by atoms with Crippen LogP contribution in [0.3, 0.4) is 0 Å².